The van der Waals surface area contributed by atoms with Crippen molar-refractivity contribution >= 4 is 40.1 Å². The van der Waals surface area contributed by atoms with E-state index in [0.29, 0.717) is 0 Å². The summed E-state index contributed by atoms with van der Waals surface area (Å²) in [6.07, 6.45) is 8.11. The van der Waals surface area contributed by atoms with Gasteiger partial charge >= 0.3 is 0 Å². The lowest BCUT2D eigenvalue weighted by atomic mass is 9.68. The van der Waals surface area contributed by atoms with Gasteiger partial charge in [-0.15, -0.1) is 0 Å². The average Bonchev–Trinajstić information content (AvgIpc) is 3.90. The predicted octanol–water partition coefficient (Wildman–Crippen LogP) is 14.7. The van der Waals surface area contributed by atoms with Crippen LogP contribution in [0.15, 0.2) is 199 Å². The van der Waals surface area contributed by atoms with Crippen molar-refractivity contribution in [3.05, 3.63) is 239 Å². The van der Waals surface area contributed by atoms with Gasteiger partial charge < -0.3 is 4.42 Å². The fourth-order valence-corrected chi connectivity index (χ4v) is 9.45. The van der Waals surface area contributed by atoms with E-state index < -0.39 is 5.41 Å². The molecule has 0 amide bonds. The highest BCUT2D eigenvalue weighted by atomic mass is 16.3. The highest BCUT2D eigenvalue weighted by molar-refractivity contribution is 6.08. The van der Waals surface area contributed by atoms with Gasteiger partial charge in [0.1, 0.15) is 11.3 Å². The van der Waals surface area contributed by atoms with Gasteiger partial charge in [0.15, 0.2) is 0 Å². The lowest BCUT2D eigenvalue weighted by Gasteiger charge is -2.32. The minimum absolute atomic E-state index is 0.565. The van der Waals surface area contributed by atoms with Crippen LogP contribution in [0, 0.1) is 0 Å². The Morgan fingerprint density at radius 1 is 0.621 bits per heavy atom. The quantitative estimate of drug-likeness (QED) is 0.112. The second-order valence-electron chi connectivity index (χ2n) is 15.1. The van der Waals surface area contributed by atoms with Crippen LogP contribution in [0.3, 0.4) is 0 Å². The maximum Gasteiger partial charge on any atom is 0.143 e. The molecule has 10 rings (SSSR count). The van der Waals surface area contributed by atoms with Gasteiger partial charge in [0, 0.05) is 27.8 Å². The highest BCUT2D eigenvalue weighted by Gasteiger charge is 2.53. The normalized spacial score (nSPS) is 15.4. The monoisotopic (exact) mass is 743 g/mol. The molecule has 7 aromatic carbocycles. The van der Waals surface area contributed by atoms with Gasteiger partial charge in [0.25, 0.3) is 0 Å². The van der Waals surface area contributed by atoms with Crippen LogP contribution < -0.4 is 0 Å². The maximum absolute atomic E-state index is 6.76. The molecule has 58 heavy (non-hydrogen) atoms. The number of hydrogen-bond acceptors (Lipinski definition) is 2. The van der Waals surface area contributed by atoms with Crippen molar-refractivity contribution in [1.82, 2.24) is 0 Å². The summed E-state index contributed by atoms with van der Waals surface area (Å²) in [4.78, 5) is 5.31. The molecule has 1 unspecified atom stereocenters. The highest BCUT2D eigenvalue weighted by Crippen LogP contribution is 2.65. The van der Waals surface area contributed by atoms with E-state index in [9.17, 15) is 0 Å². The van der Waals surface area contributed by atoms with Crippen molar-refractivity contribution in [2.45, 2.75) is 19.3 Å². The lowest BCUT2D eigenvalue weighted by molar-refractivity contribution is 0.604. The molecule has 1 heterocycles. The topological polar surface area (TPSA) is 25.5 Å². The molecular formula is C56H41NO. The summed E-state index contributed by atoms with van der Waals surface area (Å²) in [6, 6.07) is 58.8. The van der Waals surface area contributed by atoms with Gasteiger partial charge in [0.05, 0.1) is 11.1 Å². The molecule has 0 N–H and O–H groups in total. The van der Waals surface area contributed by atoms with Crippen molar-refractivity contribution < 1.29 is 4.42 Å². The van der Waals surface area contributed by atoms with Crippen LogP contribution in [0.25, 0.3) is 67.8 Å². The van der Waals surface area contributed by atoms with E-state index in [0.717, 1.165) is 67.1 Å². The Labute approximate surface area is 340 Å². The van der Waals surface area contributed by atoms with Gasteiger partial charge in [-0.2, -0.15) is 0 Å². The smallest absolute Gasteiger partial charge is 0.143 e. The van der Waals surface area contributed by atoms with Crippen LogP contribution in [0.4, 0.5) is 0 Å². The molecule has 0 bridgehead atoms. The van der Waals surface area contributed by atoms with E-state index in [4.69, 9.17) is 9.41 Å². The molecule has 2 aliphatic rings. The summed E-state index contributed by atoms with van der Waals surface area (Å²) in [5.41, 5.74) is 19.6. The Balaban J connectivity index is 1.18. The fraction of sp³-hybridized carbons (Fsp3) is 0.0536. The van der Waals surface area contributed by atoms with E-state index in [-0.39, 0.29) is 0 Å². The number of aliphatic imine (C=N–C) groups is 1. The first-order valence-corrected chi connectivity index (χ1v) is 19.9. The van der Waals surface area contributed by atoms with Gasteiger partial charge in [-0.05, 0) is 98.8 Å². The molecule has 0 fully saturated rings. The van der Waals surface area contributed by atoms with Crippen molar-refractivity contribution in [3.63, 3.8) is 0 Å². The number of allylic oxidation sites excluding steroid dienone is 3. The number of furan rings is 1. The van der Waals surface area contributed by atoms with E-state index >= 15 is 0 Å². The average molecular weight is 744 g/mol. The lowest BCUT2D eigenvalue weighted by Crippen LogP contribution is -2.26. The van der Waals surface area contributed by atoms with Crippen molar-refractivity contribution in [2.24, 2.45) is 4.99 Å². The summed E-state index contributed by atoms with van der Waals surface area (Å²) in [5, 5.41) is 1.09. The molecule has 1 spiro atoms. The first-order valence-electron chi connectivity index (χ1n) is 19.9. The standard InChI is InChI=1S/C56H41NO/c1-5-19-44-46-32-33-50-53(55(46)58-52(44)6-2)47-27-14-16-31-49(47)56(50)48-30-15-13-26-43(48)45-29-18-28-42(54(45)56)41-25-17-24-40(35-41)37(4)57-51(39-22-11-8-12-23-39)34-36(3)38-20-9-7-10-21-38/h5-35H,2-3H2,1,4H3/b19-5-,51-34-,57-37+. The van der Waals surface area contributed by atoms with Crippen molar-refractivity contribution in [1.29, 1.82) is 0 Å². The number of hydrogen-bond donors (Lipinski definition) is 0. The van der Waals surface area contributed by atoms with Crippen LogP contribution in [-0.2, 0) is 5.41 Å². The minimum Gasteiger partial charge on any atom is -0.455 e. The third kappa shape index (κ3) is 5.29. The molecular weight excluding hydrogens is 703 g/mol. The molecule has 0 aliphatic heterocycles. The molecule has 1 aromatic heterocycles. The first-order chi connectivity index (χ1) is 28.5. The second kappa shape index (κ2) is 14.0. The maximum atomic E-state index is 6.76. The Morgan fingerprint density at radius 2 is 1.24 bits per heavy atom. The Morgan fingerprint density at radius 3 is 1.98 bits per heavy atom. The zero-order valence-corrected chi connectivity index (χ0v) is 32.7. The summed E-state index contributed by atoms with van der Waals surface area (Å²) < 4.78 is 6.76. The molecule has 0 radical (unpaired) electrons. The largest absolute Gasteiger partial charge is 0.455 e. The molecule has 276 valence electrons. The summed E-state index contributed by atoms with van der Waals surface area (Å²) >= 11 is 0. The Kier molecular flexibility index (Phi) is 8.50. The fourth-order valence-electron chi connectivity index (χ4n) is 9.45. The van der Waals surface area contributed by atoms with Crippen molar-refractivity contribution in [2.75, 3.05) is 0 Å². The van der Waals surface area contributed by atoms with E-state index in [1.165, 1.54) is 44.5 Å². The third-order valence-corrected chi connectivity index (χ3v) is 11.9. The summed E-state index contributed by atoms with van der Waals surface area (Å²) in [6.45, 7) is 12.7. The van der Waals surface area contributed by atoms with Gasteiger partial charge in [-0.3, -0.25) is 4.99 Å². The molecule has 0 saturated carbocycles. The van der Waals surface area contributed by atoms with Crippen LogP contribution in [-0.4, -0.2) is 5.71 Å². The SMILES string of the molecule is C=Cc1oc2c3c(ccc2c1/C=C\C)C1(c2ccccc2-c2cccc(-c4cccc(/C(C)=N/C(=C\C(=C)c5ccccc5)c5ccccc5)c4)c21)c1ccccc1-3. The molecule has 8 aromatic rings. The van der Waals surface area contributed by atoms with Gasteiger partial charge in [-0.25, -0.2) is 0 Å². The van der Waals surface area contributed by atoms with Crippen molar-refractivity contribution in [3.8, 4) is 33.4 Å². The van der Waals surface area contributed by atoms with Crippen LogP contribution in [0.5, 0.6) is 0 Å². The van der Waals surface area contributed by atoms with Crippen LogP contribution in [0.1, 0.15) is 64.1 Å². The third-order valence-electron chi connectivity index (χ3n) is 11.9. The van der Waals surface area contributed by atoms with E-state index in [1.807, 2.05) is 37.3 Å². The Bertz CT molecular complexity index is 3050. The van der Waals surface area contributed by atoms with Gasteiger partial charge in [-0.1, -0.05) is 183 Å². The Hall–Kier alpha value is -7.29. The zero-order chi connectivity index (χ0) is 39.4. The van der Waals surface area contributed by atoms with Crippen LogP contribution >= 0.6 is 0 Å². The molecule has 1 atom stereocenters. The zero-order valence-electron chi connectivity index (χ0n) is 32.7. The molecule has 2 nitrogen and oxygen atoms in total. The number of rotatable bonds is 8. The summed E-state index contributed by atoms with van der Waals surface area (Å²) in [7, 11) is 0. The van der Waals surface area contributed by atoms with Crippen LogP contribution in [0.2, 0.25) is 0 Å². The van der Waals surface area contributed by atoms with E-state index in [1.54, 1.807) is 0 Å². The first kappa shape index (κ1) is 35.1. The number of benzene rings is 7. The summed E-state index contributed by atoms with van der Waals surface area (Å²) in [5.74, 6) is 0.788. The molecule has 2 aliphatic carbocycles. The van der Waals surface area contributed by atoms with E-state index in [2.05, 4.69) is 178 Å². The molecule has 0 saturated heterocycles. The minimum atomic E-state index is -0.565. The number of fused-ring (bicyclic) bond motifs is 12. The van der Waals surface area contributed by atoms with Gasteiger partial charge in [0.2, 0.25) is 0 Å². The number of nitrogens with zero attached hydrogens (tertiary/aromatic N) is 1. The second-order valence-corrected chi connectivity index (χ2v) is 15.1. The predicted molar refractivity (Wildman–Crippen MR) is 245 cm³/mol. The molecule has 2 heteroatoms.